The Kier molecular flexibility index (Phi) is 9.23. The molecule has 1 N–H and O–H groups in total. The van der Waals surface area contributed by atoms with Gasteiger partial charge in [0.1, 0.15) is 30.6 Å². The smallest absolute Gasteiger partial charge is 0.445 e. The minimum absolute atomic E-state index is 0.154. The monoisotopic (exact) mass is 530 g/mol. The summed E-state index contributed by atoms with van der Waals surface area (Å²) in [6.45, 7) is 4.24. The molecule has 0 radical (unpaired) electrons. The third kappa shape index (κ3) is 7.55. The quantitative estimate of drug-likeness (QED) is 0.155. The number of aromatic nitrogens is 2. The molecule has 0 aliphatic heterocycles. The molecule has 3 aromatic rings. The van der Waals surface area contributed by atoms with Crippen LogP contribution in [0.5, 0.6) is 17.2 Å². The molecule has 0 fully saturated rings. The van der Waals surface area contributed by atoms with Crippen LogP contribution in [0.25, 0.3) is 6.08 Å². The number of alkyl halides is 3. The summed E-state index contributed by atoms with van der Waals surface area (Å²) in [6.07, 6.45) is -0.956. The fraction of sp³-hybridized carbons (Fsp3) is 0.200. The number of carbonyl (C=O) groups is 1. The highest BCUT2D eigenvalue weighted by Crippen LogP contribution is 2.33. The summed E-state index contributed by atoms with van der Waals surface area (Å²) in [7, 11) is 1.43. The number of para-hydroxylation sites is 1. The topological polar surface area (TPSA) is 106 Å². The summed E-state index contributed by atoms with van der Waals surface area (Å²) in [5.74, 6) is 0.570. The van der Waals surface area contributed by atoms with Crippen LogP contribution in [-0.2, 0) is 17.4 Å². The molecule has 192 valence electrons. The van der Waals surface area contributed by atoms with E-state index >= 15 is 0 Å². The van der Waals surface area contributed by atoms with Crippen LogP contribution in [0.1, 0.15) is 16.1 Å². The van der Waals surface area contributed by atoms with Crippen molar-refractivity contribution in [1.82, 2.24) is 10.2 Å². The first-order valence-electron chi connectivity index (χ1n) is 10.7. The largest absolute Gasteiger partial charge is 0.493 e. The highest BCUT2D eigenvalue weighted by atomic mass is 32.1. The van der Waals surface area contributed by atoms with Gasteiger partial charge in [0, 0.05) is 0 Å². The van der Waals surface area contributed by atoms with E-state index in [1.807, 2.05) is 24.3 Å². The van der Waals surface area contributed by atoms with Crippen LogP contribution in [-0.4, -0.2) is 36.4 Å². The van der Waals surface area contributed by atoms with E-state index in [-0.39, 0.29) is 35.3 Å². The van der Waals surface area contributed by atoms with Gasteiger partial charge in [0.15, 0.2) is 11.5 Å². The normalized spacial score (nSPS) is 11.4. The zero-order valence-corrected chi connectivity index (χ0v) is 20.4. The van der Waals surface area contributed by atoms with Crippen LogP contribution < -0.4 is 19.5 Å². The molecule has 1 aromatic heterocycles. The molecule has 0 bridgehead atoms. The van der Waals surface area contributed by atoms with Crippen molar-refractivity contribution in [1.29, 1.82) is 5.26 Å². The molecule has 0 unspecified atom stereocenters. The predicted octanol–water partition coefficient (Wildman–Crippen LogP) is 5.30. The number of methoxy groups -OCH3 is 1. The molecule has 0 atom stereocenters. The van der Waals surface area contributed by atoms with Crippen LogP contribution in [0, 0.1) is 11.3 Å². The van der Waals surface area contributed by atoms with Gasteiger partial charge in [0.05, 0.1) is 7.11 Å². The van der Waals surface area contributed by atoms with Crippen molar-refractivity contribution in [3.63, 3.8) is 0 Å². The van der Waals surface area contributed by atoms with Crippen molar-refractivity contribution in [2.45, 2.75) is 12.6 Å². The van der Waals surface area contributed by atoms with E-state index in [4.69, 9.17) is 14.2 Å². The van der Waals surface area contributed by atoms with E-state index in [0.29, 0.717) is 23.5 Å². The number of amides is 1. The maximum Gasteiger partial charge on any atom is 0.445 e. The van der Waals surface area contributed by atoms with E-state index in [2.05, 4.69) is 22.1 Å². The Hall–Kier alpha value is -4.37. The van der Waals surface area contributed by atoms with Crippen molar-refractivity contribution in [2.75, 3.05) is 25.6 Å². The van der Waals surface area contributed by atoms with Crippen molar-refractivity contribution >= 4 is 28.5 Å². The molecule has 1 amide bonds. The van der Waals surface area contributed by atoms with Crippen molar-refractivity contribution in [2.24, 2.45) is 0 Å². The Labute approximate surface area is 214 Å². The van der Waals surface area contributed by atoms with Gasteiger partial charge >= 0.3 is 6.18 Å². The lowest BCUT2D eigenvalue weighted by Gasteiger charge is -2.13. The van der Waals surface area contributed by atoms with Gasteiger partial charge in [-0.05, 0) is 41.8 Å². The summed E-state index contributed by atoms with van der Waals surface area (Å²) in [6, 6.07) is 14.1. The van der Waals surface area contributed by atoms with E-state index < -0.39 is 17.1 Å². The number of rotatable bonds is 11. The Morgan fingerprint density at radius 1 is 1.14 bits per heavy atom. The van der Waals surface area contributed by atoms with Gasteiger partial charge in [0.2, 0.25) is 10.1 Å². The maximum atomic E-state index is 12.7. The second-order valence-corrected chi connectivity index (χ2v) is 8.22. The molecule has 37 heavy (non-hydrogen) atoms. The summed E-state index contributed by atoms with van der Waals surface area (Å²) < 4.78 is 54.9. The Bertz CT molecular complexity index is 1330. The minimum atomic E-state index is -4.68. The highest BCUT2D eigenvalue weighted by molar-refractivity contribution is 7.15. The summed E-state index contributed by atoms with van der Waals surface area (Å²) in [4.78, 5) is 12.4. The maximum absolute atomic E-state index is 12.7. The molecule has 0 spiro atoms. The highest BCUT2D eigenvalue weighted by Gasteiger charge is 2.35. The zero-order valence-electron chi connectivity index (χ0n) is 19.5. The first-order chi connectivity index (χ1) is 17.7. The first kappa shape index (κ1) is 27.2. The number of ether oxygens (including phenoxy) is 3. The Morgan fingerprint density at radius 3 is 2.51 bits per heavy atom. The molecule has 0 aliphatic rings. The third-order valence-electron chi connectivity index (χ3n) is 4.69. The minimum Gasteiger partial charge on any atom is -0.493 e. The second kappa shape index (κ2) is 12.5. The first-order valence-corrected chi connectivity index (χ1v) is 11.5. The van der Waals surface area contributed by atoms with E-state index in [1.165, 1.54) is 13.2 Å². The van der Waals surface area contributed by atoms with Crippen LogP contribution in [0.15, 0.2) is 60.7 Å². The molecule has 3 rings (SSSR count). The van der Waals surface area contributed by atoms with Gasteiger partial charge in [-0.2, -0.15) is 18.4 Å². The number of anilines is 1. The zero-order chi connectivity index (χ0) is 26.8. The van der Waals surface area contributed by atoms with E-state index in [9.17, 15) is 23.2 Å². The molecular weight excluding hydrogens is 509 g/mol. The molecule has 0 saturated carbocycles. The number of hydrogen-bond donors (Lipinski definition) is 1. The molecule has 1 heterocycles. The second-order valence-electron chi connectivity index (χ2n) is 7.24. The molecule has 0 saturated heterocycles. The van der Waals surface area contributed by atoms with Gasteiger partial charge in [-0.15, -0.1) is 16.8 Å². The third-order valence-corrected chi connectivity index (χ3v) is 5.57. The van der Waals surface area contributed by atoms with E-state index in [1.54, 1.807) is 30.3 Å². The Morgan fingerprint density at radius 2 is 1.86 bits per heavy atom. The van der Waals surface area contributed by atoms with Crippen LogP contribution in [0.2, 0.25) is 0 Å². The molecule has 8 nitrogen and oxygen atoms in total. The van der Waals surface area contributed by atoms with Crippen molar-refractivity contribution in [3.05, 3.63) is 76.8 Å². The molecule has 0 aliphatic carbocycles. The number of benzene rings is 2. The molecule has 2 aromatic carbocycles. The van der Waals surface area contributed by atoms with Crippen LogP contribution >= 0.6 is 11.3 Å². The van der Waals surface area contributed by atoms with Gasteiger partial charge in [0.25, 0.3) is 5.91 Å². The van der Waals surface area contributed by atoms with Gasteiger partial charge in [-0.3, -0.25) is 10.1 Å². The Balaban J connectivity index is 1.63. The SMILES string of the molecule is C=CCc1ccccc1OCCOc1ccc(/C=C(\C#N)C(=O)Nc2nnc(C(F)(F)F)s2)cc1OC. The number of hydrogen-bond acceptors (Lipinski definition) is 8. The van der Waals surface area contributed by atoms with Crippen LogP contribution in [0.4, 0.5) is 18.3 Å². The lowest BCUT2D eigenvalue weighted by Crippen LogP contribution is -2.13. The molecule has 12 heteroatoms. The average Bonchev–Trinajstić information content (AvgIpc) is 3.35. The summed E-state index contributed by atoms with van der Waals surface area (Å²) in [5, 5.41) is 16.2. The van der Waals surface area contributed by atoms with Gasteiger partial charge in [-0.1, -0.05) is 41.7 Å². The van der Waals surface area contributed by atoms with Crippen LogP contribution in [0.3, 0.4) is 0 Å². The standard InChI is InChI=1S/C25H21F3N4O4S/c1-3-6-17-7-4-5-8-19(17)35-11-12-36-20-10-9-16(14-21(20)34-2)13-18(15-29)22(33)30-24-32-31-23(37-24)25(26,27)28/h3-5,7-10,13-14H,1,6,11-12H2,2H3,(H,30,32,33)/b18-13+. The summed E-state index contributed by atoms with van der Waals surface area (Å²) >= 11 is 0.154. The fourth-order valence-electron chi connectivity index (χ4n) is 3.03. The number of nitrogens with one attached hydrogen (secondary N) is 1. The number of carbonyl (C=O) groups excluding carboxylic acids is 1. The molecular formula is C25H21F3N4O4S. The van der Waals surface area contributed by atoms with Crippen molar-refractivity contribution < 1.29 is 32.2 Å². The average molecular weight is 531 g/mol. The van der Waals surface area contributed by atoms with E-state index in [0.717, 1.165) is 11.3 Å². The predicted molar refractivity (Wildman–Crippen MR) is 131 cm³/mol. The van der Waals surface area contributed by atoms with Crippen molar-refractivity contribution in [3.8, 4) is 23.3 Å². The fourth-order valence-corrected chi connectivity index (χ4v) is 3.64. The number of nitrogens with zero attached hydrogens (tertiary/aromatic N) is 3. The van der Waals surface area contributed by atoms with Gasteiger partial charge in [-0.25, -0.2) is 0 Å². The number of allylic oxidation sites excluding steroid dienone is 1. The lowest BCUT2D eigenvalue weighted by atomic mass is 10.1. The summed E-state index contributed by atoms with van der Waals surface area (Å²) in [5.41, 5.74) is 1.08. The number of nitriles is 1. The number of halogens is 3. The lowest BCUT2D eigenvalue weighted by molar-refractivity contribution is -0.138. The van der Waals surface area contributed by atoms with Gasteiger partial charge < -0.3 is 14.2 Å².